The topological polar surface area (TPSA) is 40.6 Å². The van der Waals surface area contributed by atoms with Gasteiger partial charge in [-0.2, -0.15) is 4.31 Å². The van der Waals surface area contributed by atoms with Crippen LogP contribution in [0.15, 0.2) is 41.3 Å². The third-order valence-electron chi connectivity index (χ3n) is 4.23. The van der Waals surface area contributed by atoms with Crippen LogP contribution in [-0.4, -0.2) is 43.8 Å². The smallest absolute Gasteiger partial charge is 0.246 e. The molecule has 0 aliphatic carbocycles. The van der Waals surface area contributed by atoms with Gasteiger partial charge >= 0.3 is 0 Å². The molecule has 0 atom stereocenters. The molecule has 0 saturated carbocycles. The van der Waals surface area contributed by atoms with Gasteiger partial charge in [0.1, 0.15) is 10.7 Å². The first kappa shape index (κ1) is 20.3. The van der Waals surface area contributed by atoms with E-state index in [-0.39, 0.29) is 17.3 Å². The molecule has 0 bridgehead atoms. The Morgan fingerprint density at radius 1 is 1.04 bits per heavy atom. The molecule has 1 saturated heterocycles. The van der Waals surface area contributed by atoms with Crippen LogP contribution < -0.4 is 0 Å². The Bertz CT molecular complexity index is 802. The molecule has 1 aliphatic rings. The minimum absolute atomic E-state index is 0. The van der Waals surface area contributed by atoms with E-state index in [9.17, 15) is 12.8 Å². The van der Waals surface area contributed by atoms with E-state index in [4.69, 9.17) is 0 Å². The summed E-state index contributed by atoms with van der Waals surface area (Å²) in [7, 11) is -3.75. The number of rotatable bonds is 5. The summed E-state index contributed by atoms with van der Waals surface area (Å²) in [6.45, 7) is 5.09. The van der Waals surface area contributed by atoms with Crippen molar-refractivity contribution in [1.29, 1.82) is 0 Å². The number of hydrogen-bond acceptors (Lipinski definition) is 4. The van der Waals surface area contributed by atoms with E-state index in [0.717, 1.165) is 13.0 Å². The maximum absolute atomic E-state index is 13.8. The van der Waals surface area contributed by atoms with Gasteiger partial charge in [0.15, 0.2) is 0 Å². The Morgan fingerprint density at radius 3 is 2.28 bits per heavy atom. The number of halogens is 2. The first-order chi connectivity index (χ1) is 11.5. The molecule has 1 fully saturated rings. The van der Waals surface area contributed by atoms with Crippen molar-refractivity contribution in [3.05, 3.63) is 52.0 Å². The second-order valence-corrected chi connectivity index (χ2v) is 8.99. The van der Waals surface area contributed by atoms with Crippen LogP contribution in [0.3, 0.4) is 0 Å². The minimum atomic E-state index is -3.75. The van der Waals surface area contributed by atoms with E-state index < -0.39 is 15.8 Å². The highest BCUT2D eigenvalue weighted by molar-refractivity contribution is 7.89. The van der Waals surface area contributed by atoms with E-state index in [2.05, 4.69) is 24.0 Å². The van der Waals surface area contributed by atoms with Gasteiger partial charge in [-0.1, -0.05) is 19.1 Å². The quantitative estimate of drug-likeness (QED) is 0.767. The Balaban J connectivity index is 0.00000225. The van der Waals surface area contributed by atoms with Crippen LogP contribution in [0.2, 0.25) is 0 Å². The third kappa shape index (κ3) is 4.60. The van der Waals surface area contributed by atoms with Crippen LogP contribution in [0.5, 0.6) is 0 Å². The highest BCUT2D eigenvalue weighted by atomic mass is 35.5. The lowest BCUT2D eigenvalue weighted by Gasteiger charge is -2.33. The Morgan fingerprint density at radius 2 is 1.68 bits per heavy atom. The van der Waals surface area contributed by atoms with E-state index in [1.807, 2.05) is 11.3 Å². The Labute approximate surface area is 158 Å². The summed E-state index contributed by atoms with van der Waals surface area (Å²) in [5.41, 5.74) is 0. The average molecular weight is 405 g/mol. The van der Waals surface area contributed by atoms with Gasteiger partial charge in [0.2, 0.25) is 10.0 Å². The number of benzene rings is 1. The predicted molar refractivity (Wildman–Crippen MR) is 101 cm³/mol. The van der Waals surface area contributed by atoms with Gasteiger partial charge in [-0.05, 0) is 30.7 Å². The molecule has 8 heteroatoms. The van der Waals surface area contributed by atoms with Crippen LogP contribution in [0.25, 0.3) is 0 Å². The molecule has 1 aliphatic heterocycles. The lowest BCUT2D eigenvalue weighted by molar-refractivity contribution is 0.182. The molecule has 25 heavy (non-hydrogen) atoms. The summed E-state index contributed by atoms with van der Waals surface area (Å²) in [5, 5.41) is 0. The predicted octanol–water partition coefficient (Wildman–Crippen LogP) is 3.38. The molecule has 0 spiro atoms. The van der Waals surface area contributed by atoms with Gasteiger partial charge in [0.05, 0.1) is 0 Å². The zero-order chi connectivity index (χ0) is 17.2. The highest BCUT2D eigenvalue weighted by Crippen LogP contribution is 2.22. The van der Waals surface area contributed by atoms with Crippen LogP contribution in [0.1, 0.15) is 16.7 Å². The van der Waals surface area contributed by atoms with E-state index in [1.54, 1.807) is 6.07 Å². The summed E-state index contributed by atoms with van der Waals surface area (Å²) >= 11 is 1.81. The molecular weight excluding hydrogens is 383 g/mol. The fraction of sp³-hybridized carbons (Fsp3) is 0.412. The Hall–Kier alpha value is -0.990. The van der Waals surface area contributed by atoms with E-state index in [0.29, 0.717) is 26.2 Å². The molecular formula is C17H22ClFN2O2S2. The van der Waals surface area contributed by atoms with Gasteiger partial charge in [-0.3, -0.25) is 4.90 Å². The Kier molecular flexibility index (Phi) is 6.99. The van der Waals surface area contributed by atoms with Crippen LogP contribution in [0.4, 0.5) is 4.39 Å². The van der Waals surface area contributed by atoms with Crippen LogP contribution in [0, 0.1) is 5.82 Å². The zero-order valence-corrected chi connectivity index (χ0v) is 16.5. The van der Waals surface area contributed by atoms with Crippen LogP contribution in [-0.2, 0) is 23.0 Å². The number of hydrogen-bond donors (Lipinski definition) is 0. The standard InChI is InChI=1S/C17H21FN2O2S2.ClH/c1-2-14-7-8-15(23-14)13-19-9-11-20(12-10-19)24(21,22)17-6-4-3-5-16(17)18;/h3-8H,2,9-13H2,1H3;1H. The molecule has 0 radical (unpaired) electrons. The first-order valence-corrected chi connectivity index (χ1v) is 10.3. The van der Waals surface area contributed by atoms with Crippen molar-refractivity contribution in [3.63, 3.8) is 0 Å². The number of sulfonamides is 1. The second kappa shape index (κ2) is 8.60. The van der Waals surface area contributed by atoms with Gasteiger partial charge in [-0.15, -0.1) is 23.7 Å². The van der Waals surface area contributed by atoms with Crippen molar-refractivity contribution < 1.29 is 12.8 Å². The molecule has 0 amide bonds. The van der Waals surface area contributed by atoms with Crippen molar-refractivity contribution in [1.82, 2.24) is 9.21 Å². The maximum Gasteiger partial charge on any atom is 0.246 e. The lowest BCUT2D eigenvalue weighted by Crippen LogP contribution is -2.48. The van der Waals surface area contributed by atoms with Crippen LogP contribution >= 0.6 is 23.7 Å². The number of aryl methyl sites for hydroxylation is 1. The first-order valence-electron chi connectivity index (χ1n) is 8.05. The monoisotopic (exact) mass is 404 g/mol. The lowest BCUT2D eigenvalue weighted by atomic mass is 10.3. The third-order valence-corrected chi connectivity index (χ3v) is 7.38. The summed E-state index contributed by atoms with van der Waals surface area (Å²) in [6.07, 6.45) is 1.04. The molecule has 2 aromatic rings. The zero-order valence-electron chi connectivity index (χ0n) is 14.0. The molecule has 138 valence electrons. The largest absolute Gasteiger partial charge is 0.296 e. The minimum Gasteiger partial charge on any atom is -0.296 e. The number of thiophene rings is 1. The second-order valence-electron chi connectivity index (χ2n) is 5.83. The number of piperazine rings is 1. The maximum atomic E-state index is 13.8. The molecule has 0 unspecified atom stereocenters. The van der Waals surface area contributed by atoms with Crippen molar-refractivity contribution in [2.45, 2.75) is 24.8 Å². The van der Waals surface area contributed by atoms with Crippen molar-refractivity contribution in [2.24, 2.45) is 0 Å². The van der Waals surface area contributed by atoms with Gasteiger partial charge < -0.3 is 0 Å². The van der Waals surface area contributed by atoms with Gasteiger partial charge in [0.25, 0.3) is 0 Å². The molecule has 1 aromatic heterocycles. The molecule has 0 N–H and O–H groups in total. The van der Waals surface area contributed by atoms with Gasteiger partial charge in [-0.25, -0.2) is 12.8 Å². The van der Waals surface area contributed by atoms with E-state index in [1.165, 1.54) is 32.3 Å². The molecule has 2 heterocycles. The van der Waals surface area contributed by atoms with Gasteiger partial charge in [0, 0.05) is 42.5 Å². The highest BCUT2D eigenvalue weighted by Gasteiger charge is 2.30. The summed E-state index contributed by atoms with van der Waals surface area (Å²) in [5.74, 6) is -0.689. The van der Waals surface area contributed by atoms with Crippen molar-refractivity contribution in [2.75, 3.05) is 26.2 Å². The summed E-state index contributed by atoms with van der Waals surface area (Å²) in [6, 6.07) is 9.86. The summed E-state index contributed by atoms with van der Waals surface area (Å²) in [4.78, 5) is 4.69. The fourth-order valence-electron chi connectivity index (χ4n) is 2.84. The average Bonchev–Trinajstić information content (AvgIpc) is 3.03. The normalized spacial score (nSPS) is 16.6. The fourth-order valence-corrected chi connectivity index (χ4v) is 5.33. The van der Waals surface area contributed by atoms with Crippen molar-refractivity contribution in [3.8, 4) is 0 Å². The molecule has 3 rings (SSSR count). The van der Waals surface area contributed by atoms with E-state index >= 15 is 0 Å². The summed E-state index contributed by atoms with van der Waals surface area (Å²) < 4.78 is 40.4. The molecule has 1 aromatic carbocycles. The number of nitrogens with zero attached hydrogens (tertiary/aromatic N) is 2. The SMILES string of the molecule is CCc1ccc(CN2CCN(S(=O)(=O)c3ccccc3F)CC2)s1.Cl. The van der Waals surface area contributed by atoms with Crippen molar-refractivity contribution >= 4 is 33.8 Å². The molecule has 4 nitrogen and oxygen atoms in total.